The maximum Gasteiger partial charge on any atom is 0.355 e. The third-order valence-corrected chi connectivity index (χ3v) is 6.42. The highest BCUT2D eigenvalue weighted by molar-refractivity contribution is 7.22. The third kappa shape index (κ3) is 4.30. The maximum atomic E-state index is 12.6. The summed E-state index contributed by atoms with van der Waals surface area (Å²) in [4.78, 5) is 45.7. The van der Waals surface area contributed by atoms with E-state index in [2.05, 4.69) is 9.97 Å². The number of nitrogens with zero attached hydrogens (tertiary/aromatic N) is 1. The number of aromatic amines is 1. The van der Waals surface area contributed by atoms with E-state index in [0.29, 0.717) is 27.4 Å². The minimum absolute atomic E-state index is 0.234. The number of ketones is 1. The summed E-state index contributed by atoms with van der Waals surface area (Å²) in [5.74, 6) is -1.50. The Balaban J connectivity index is 1.71. The van der Waals surface area contributed by atoms with Gasteiger partial charge in [-0.25, -0.2) is 14.6 Å². The second-order valence-corrected chi connectivity index (χ2v) is 8.20. The van der Waals surface area contributed by atoms with E-state index in [1.807, 2.05) is 17.5 Å². The first kappa shape index (κ1) is 20.9. The molecule has 0 aliphatic heterocycles. The molecule has 0 saturated heterocycles. The zero-order valence-electron chi connectivity index (χ0n) is 16.5. The summed E-state index contributed by atoms with van der Waals surface area (Å²) in [6, 6.07) is 3.85. The molecule has 9 heteroatoms. The number of H-pyrrole nitrogens is 1. The number of nitrogens with one attached hydrogen (secondary N) is 1. The van der Waals surface area contributed by atoms with Crippen molar-refractivity contribution in [3.05, 3.63) is 50.6 Å². The van der Waals surface area contributed by atoms with Gasteiger partial charge < -0.3 is 14.5 Å². The van der Waals surface area contributed by atoms with E-state index >= 15 is 0 Å². The van der Waals surface area contributed by atoms with Crippen molar-refractivity contribution in [3.63, 3.8) is 0 Å². The lowest BCUT2D eigenvalue weighted by Gasteiger charge is -2.05. The van der Waals surface area contributed by atoms with E-state index in [4.69, 9.17) is 9.47 Å². The molecular formula is C20H20N2O5S2. The molecule has 0 unspecified atom stereocenters. The normalized spacial score (nSPS) is 10.8. The van der Waals surface area contributed by atoms with Crippen LogP contribution in [0.4, 0.5) is 0 Å². The average molecular weight is 433 g/mol. The zero-order valence-corrected chi connectivity index (χ0v) is 18.1. The van der Waals surface area contributed by atoms with Crippen molar-refractivity contribution < 1.29 is 23.9 Å². The summed E-state index contributed by atoms with van der Waals surface area (Å²) >= 11 is 2.78. The number of hydrogen-bond acceptors (Lipinski definition) is 8. The summed E-state index contributed by atoms with van der Waals surface area (Å²) in [7, 11) is 0. The van der Waals surface area contributed by atoms with E-state index in [1.54, 1.807) is 27.7 Å². The Bertz CT molecular complexity index is 1060. The first-order chi connectivity index (χ1) is 13.8. The van der Waals surface area contributed by atoms with Crippen LogP contribution in [0.15, 0.2) is 17.5 Å². The largest absolute Gasteiger partial charge is 0.461 e. The smallest absolute Gasteiger partial charge is 0.355 e. The fraction of sp³-hybridized carbons (Fsp3) is 0.300. The molecular weight excluding hydrogens is 412 g/mol. The topological polar surface area (TPSA) is 98.4 Å². The van der Waals surface area contributed by atoms with Crippen molar-refractivity contribution >= 4 is 40.4 Å². The van der Waals surface area contributed by atoms with E-state index < -0.39 is 18.5 Å². The molecule has 3 heterocycles. The second-order valence-electron chi connectivity index (χ2n) is 6.26. The fourth-order valence-corrected chi connectivity index (χ4v) is 4.69. The summed E-state index contributed by atoms with van der Waals surface area (Å²) < 4.78 is 10.2. The molecule has 0 amide bonds. The number of aromatic nitrogens is 2. The monoisotopic (exact) mass is 432 g/mol. The number of esters is 2. The van der Waals surface area contributed by atoms with Crippen molar-refractivity contribution in [2.75, 3.05) is 13.2 Å². The van der Waals surface area contributed by atoms with Crippen LogP contribution in [0, 0.1) is 20.8 Å². The number of carbonyl (C=O) groups excluding carboxylic acids is 3. The molecule has 0 atom stereocenters. The Morgan fingerprint density at radius 1 is 1.14 bits per heavy atom. The quantitative estimate of drug-likeness (QED) is 0.440. The standard InChI is InChI=1S/C20H20N2O5S2/c1-5-26-19(24)16-10(2)15(11(3)21-16)13(23)9-27-20(25)17-12(4)22-18(29-17)14-7-6-8-28-14/h6-8,21H,5,9H2,1-4H3. The number of aryl methyl sites for hydroxylation is 2. The second kappa shape index (κ2) is 8.71. The van der Waals surface area contributed by atoms with E-state index in [-0.39, 0.29) is 18.1 Å². The predicted molar refractivity (Wildman–Crippen MR) is 111 cm³/mol. The van der Waals surface area contributed by atoms with Crippen LogP contribution in [0.3, 0.4) is 0 Å². The van der Waals surface area contributed by atoms with Crippen LogP contribution >= 0.6 is 22.7 Å². The molecule has 3 aromatic rings. The molecule has 3 rings (SSSR count). The van der Waals surface area contributed by atoms with Crippen LogP contribution in [0.2, 0.25) is 0 Å². The Kier molecular flexibility index (Phi) is 6.29. The third-order valence-electron chi connectivity index (χ3n) is 4.24. The highest BCUT2D eigenvalue weighted by atomic mass is 32.1. The summed E-state index contributed by atoms with van der Waals surface area (Å²) in [5.41, 5.74) is 2.14. The van der Waals surface area contributed by atoms with Gasteiger partial charge in [0, 0.05) is 11.3 Å². The molecule has 152 valence electrons. The highest BCUT2D eigenvalue weighted by Crippen LogP contribution is 2.31. The van der Waals surface area contributed by atoms with Crippen LogP contribution in [-0.2, 0) is 9.47 Å². The van der Waals surface area contributed by atoms with E-state index in [0.717, 1.165) is 9.88 Å². The Labute approximate surface area is 175 Å². The van der Waals surface area contributed by atoms with Gasteiger partial charge in [0.15, 0.2) is 6.61 Å². The Hall–Kier alpha value is -2.78. The number of ether oxygens (including phenoxy) is 2. The minimum Gasteiger partial charge on any atom is -0.461 e. The fourth-order valence-electron chi connectivity index (χ4n) is 2.94. The number of Topliss-reactive ketones (excluding diaryl/α,β-unsaturated/α-hetero) is 1. The highest BCUT2D eigenvalue weighted by Gasteiger charge is 2.24. The van der Waals surface area contributed by atoms with E-state index in [1.165, 1.54) is 22.7 Å². The molecule has 0 aliphatic rings. The van der Waals surface area contributed by atoms with Gasteiger partial charge in [-0.2, -0.15) is 0 Å². The molecule has 0 bridgehead atoms. The van der Waals surface area contributed by atoms with Crippen molar-refractivity contribution in [3.8, 4) is 9.88 Å². The van der Waals surface area contributed by atoms with Crippen molar-refractivity contribution in [1.29, 1.82) is 0 Å². The van der Waals surface area contributed by atoms with Crippen molar-refractivity contribution in [2.45, 2.75) is 27.7 Å². The van der Waals surface area contributed by atoms with Gasteiger partial charge in [0.2, 0.25) is 5.78 Å². The van der Waals surface area contributed by atoms with Crippen LogP contribution in [0.5, 0.6) is 0 Å². The maximum absolute atomic E-state index is 12.6. The van der Waals surface area contributed by atoms with Gasteiger partial charge in [-0.15, -0.1) is 22.7 Å². The van der Waals surface area contributed by atoms with Gasteiger partial charge in [0.05, 0.1) is 17.2 Å². The lowest BCUT2D eigenvalue weighted by molar-refractivity contribution is 0.0476. The van der Waals surface area contributed by atoms with Crippen LogP contribution < -0.4 is 0 Å². The molecule has 0 aromatic carbocycles. The van der Waals surface area contributed by atoms with Gasteiger partial charge in [-0.05, 0) is 44.7 Å². The van der Waals surface area contributed by atoms with Crippen molar-refractivity contribution in [1.82, 2.24) is 9.97 Å². The van der Waals surface area contributed by atoms with Crippen LogP contribution in [0.25, 0.3) is 9.88 Å². The SMILES string of the molecule is CCOC(=O)c1[nH]c(C)c(C(=O)COC(=O)c2sc(-c3cccs3)nc2C)c1C. The number of thiazole rings is 1. The summed E-state index contributed by atoms with van der Waals surface area (Å²) in [6.45, 7) is 6.60. The van der Waals surface area contributed by atoms with Gasteiger partial charge in [0.1, 0.15) is 15.6 Å². The lowest BCUT2D eigenvalue weighted by Crippen LogP contribution is -2.15. The lowest BCUT2D eigenvalue weighted by atomic mass is 10.1. The molecule has 0 spiro atoms. The summed E-state index contributed by atoms with van der Waals surface area (Å²) in [5, 5.41) is 2.68. The van der Waals surface area contributed by atoms with Gasteiger partial charge >= 0.3 is 11.9 Å². The number of carbonyl (C=O) groups is 3. The molecule has 0 aliphatic carbocycles. The molecule has 1 N–H and O–H groups in total. The van der Waals surface area contributed by atoms with E-state index in [9.17, 15) is 14.4 Å². The molecule has 7 nitrogen and oxygen atoms in total. The molecule has 3 aromatic heterocycles. The van der Waals surface area contributed by atoms with Gasteiger partial charge in [-0.3, -0.25) is 4.79 Å². The molecule has 0 radical (unpaired) electrons. The van der Waals surface area contributed by atoms with Gasteiger partial charge in [-0.1, -0.05) is 6.07 Å². The molecule has 0 fully saturated rings. The average Bonchev–Trinajstić information content (AvgIpc) is 3.39. The first-order valence-electron chi connectivity index (χ1n) is 8.91. The number of rotatable bonds is 7. The minimum atomic E-state index is -0.590. The van der Waals surface area contributed by atoms with Crippen LogP contribution in [-0.4, -0.2) is 40.9 Å². The van der Waals surface area contributed by atoms with Crippen molar-refractivity contribution in [2.24, 2.45) is 0 Å². The number of hydrogen-bond donors (Lipinski definition) is 1. The number of thiophene rings is 1. The van der Waals surface area contributed by atoms with Crippen LogP contribution in [0.1, 0.15) is 54.4 Å². The Morgan fingerprint density at radius 3 is 2.55 bits per heavy atom. The molecule has 29 heavy (non-hydrogen) atoms. The van der Waals surface area contributed by atoms with Gasteiger partial charge in [0.25, 0.3) is 0 Å². The molecule has 0 saturated carbocycles. The zero-order chi connectivity index (χ0) is 21.1. The summed E-state index contributed by atoms with van der Waals surface area (Å²) in [6.07, 6.45) is 0. The first-order valence-corrected chi connectivity index (χ1v) is 10.6. The predicted octanol–water partition coefficient (Wildman–Crippen LogP) is 4.34. The Morgan fingerprint density at radius 2 is 1.90 bits per heavy atom.